The van der Waals surface area contributed by atoms with Gasteiger partial charge in [0.05, 0.1) is 17.9 Å². The van der Waals surface area contributed by atoms with Crippen molar-refractivity contribution in [3.63, 3.8) is 0 Å². The Bertz CT molecular complexity index is 2100. The lowest BCUT2D eigenvalue weighted by Gasteiger charge is -2.51. The van der Waals surface area contributed by atoms with E-state index >= 15 is 0 Å². The van der Waals surface area contributed by atoms with Gasteiger partial charge in [-0.2, -0.15) is 0 Å². The van der Waals surface area contributed by atoms with Crippen LogP contribution in [0.2, 0.25) is 0 Å². The highest BCUT2D eigenvalue weighted by Crippen LogP contribution is 2.68. The molecule has 8 rings (SSSR count). The van der Waals surface area contributed by atoms with Gasteiger partial charge in [0.15, 0.2) is 0 Å². The topological polar surface area (TPSA) is 9.23 Å². The molecular formula is C47H40O. The molecule has 0 saturated heterocycles. The molecule has 1 heteroatoms. The molecular weight excluding hydrogens is 581 g/mol. The predicted molar refractivity (Wildman–Crippen MR) is 200 cm³/mol. The highest BCUT2D eigenvalue weighted by Gasteiger charge is 2.59. The summed E-state index contributed by atoms with van der Waals surface area (Å²) in [7, 11) is 1.82. The van der Waals surface area contributed by atoms with Crippen molar-refractivity contribution >= 4 is 5.57 Å². The first kappa shape index (κ1) is 30.0. The van der Waals surface area contributed by atoms with Crippen molar-refractivity contribution in [1.29, 1.82) is 0 Å². The van der Waals surface area contributed by atoms with Crippen LogP contribution in [0.4, 0.5) is 0 Å². The second-order valence-electron chi connectivity index (χ2n) is 13.2. The molecule has 0 bridgehead atoms. The summed E-state index contributed by atoms with van der Waals surface area (Å²) >= 11 is 0. The number of benzene rings is 4. The number of hydrogen-bond donors (Lipinski definition) is 0. The molecule has 4 aromatic rings. The molecule has 0 radical (unpaired) electrons. The minimum Gasteiger partial charge on any atom is -0.500 e. The third-order valence-corrected chi connectivity index (χ3v) is 11.3. The third kappa shape index (κ3) is 3.79. The third-order valence-electron chi connectivity index (χ3n) is 11.3. The van der Waals surface area contributed by atoms with Crippen molar-refractivity contribution < 1.29 is 4.74 Å². The number of fused-ring (bicyclic) bond motifs is 10. The van der Waals surface area contributed by atoms with Crippen LogP contribution in [-0.2, 0) is 15.6 Å². The Balaban J connectivity index is 1.52. The van der Waals surface area contributed by atoms with Gasteiger partial charge >= 0.3 is 0 Å². The standard InChI is InChI=1S/C47H40O/c1-6-8-22-37-31(3)32(4)38(23-9-7-2)46(37)40-25-15-17-27-42(40)47(43-28-18-16-26-41(43)46)39-24-14-13-21-34(39)36-30-45(48-5)35(29-44(36)47)33-19-11-10-12-20-33/h6-28,30,35H,1-2,29H2,3-5H3/b22-8-,23-9-. The van der Waals surface area contributed by atoms with Gasteiger partial charge in [-0.25, -0.2) is 0 Å². The van der Waals surface area contributed by atoms with Crippen molar-refractivity contribution in [3.05, 3.63) is 231 Å². The fourth-order valence-electron chi connectivity index (χ4n) is 9.42. The van der Waals surface area contributed by atoms with Gasteiger partial charge in [-0.15, -0.1) is 0 Å². The average molecular weight is 621 g/mol. The van der Waals surface area contributed by atoms with Gasteiger partial charge in [0.1, 0.15) is 5.76 Å². The van der Waals surface area contributed by atoms with Crippen LogP contribution in [0.1, 0.15) is 65.1 Å². The van der Waals surface area contributed by atoms with Crippen LogP contribution in [0.15, 0.2) is 192 Å². The first-order valence-electron chi connectivity index (χ1n) is 16.9. The van der Waals surface area contributed by atoms with Crippen LogP contribution in [0.25, 0.3) is 5.57 Å². The molecule has 234 valence electrons. The fourth-order valence-corrected chi connectivity index (χ4v) is 9.42. The molecule has 0 aliphatic heterocycles. The zero-order valence-electron chi connectivity index (χ0n) is 28.0. The van der Waals surface area contributed by atoms with Crippen LogP contribution in [0, 0.1) is 0 Å². The number of rotatable bonds is 6. The number of ether oxygens (including phenoxy) is 1. The van der Waals surface area contributed by atoms with Gasteiger partial charge < -0.3 is 4.74 Å². The smallest absolute Gasteiger partial charge is 0.104 e. The van der Waals surface area contributed by atoms with E-state index in [-0.39, 0.29) is 5.92 Å². The van der Waals surface area contributed by atoms with Crippen molar-refractivity contribution in [2.24, 2.45) is 0 Å². The maximum atomic E-state index is 6.18. The molecule has 4 aromatic carbocycles. The van der Waals surface area contributed by atoms with E-state index in [1.165, 1.54) is 72.4 Å². The summed E-state index contributed by atoms with van der Waals surface area (Å²) in [5.74, 6) is 1.13. The molecule has 4 aliphatic carbocycles. The van der Waals surface area contributed by atoms with E-state index in [0.717, 1.165) is 12.2 Å². The number of methoxy groups -OCH3 is 1. The molecule has 0 amide bonds. The molecule has 0 fully saturated rings. The Kier molecular flexibility index (Phi) is 7.11. The average Bonchev–Trinajstić information content (AvgIpc) is 3.54. The van der Waals surface area contributed by atoms with E-state index in [0.29, 0.717) is 0 Å². The van der Waals surface area contributed by atoms with Crippen molar-refractivity contribution in [2.75, 3.05) is 7.11 Å². The summed E-state index contributed by atoms with van der Waals surface area (Å²) in [5.41, 5.74) is 16.2. The van der Waals surface area contributed by atoms with Gasteiger partial charge in [0.2, 0.25) is 0 Å². The maximum Gasteiger partial charge on any atom is 0.104 e. The zero-order valence-corrected chi connectivity index (χ0v) is 28.0. The van der Waals surface area contributed by atoms with Crippen molar-refractivity contribution in [2.45, 2.75) is 37.0 Å². The molecule has 1 atom stereocenters. The van der Waals surface area contributed by atoms with Gasteiger partial charge in [-0.3, -0.25) is 0 Å². The largest absolute Gasteiger partial charge is 0.500 e. The molecule has 0 heterocycles. The second-order valence-corrected chi connectivity index (χ2v) is 13.2. The lowest BCUT2D eigenvalue weighted by Crippen LogP contribution is -2.45. The first-order valence-corrected chi connectivity index (χ1v) is 16.9. The molecule has 2 spiro atoms. The van der Waals surface area contributed by atoms with Crippen LogP contribution >= 0.6 is 0 Å². The molecule has 4 aliphatic rings. The van der Waals surface area contributed by atoms with E-state index in [2.05, 4.69) is 161 Å². The van der Waals surface area contributed by atoms with Crippen molar-refractivity contribution in [1.82, 2.24) is 0 Å². The lowest BCUT2D eigenvalue weighted by molar-refractivity contribution is 0.261. The van der Waals surface area contributed by atoms with Gasteiger partial charge in [0.25, 0.3) is 0 Å². The van der Waals surface area contributed by atoms with E-state index in [4.69, 9.17) is 4.74 Å². The van der Waals surface area contributed by atoms with Crippen LogP contribution in [0.3, 0.4) is 0 Å². The Labute approximate surface area is 285 Å². The predicted octanol–water partition coefficient (Wildman–Crippen LogP) is 11.2. The van der Waals surface area contributed by atoms with Crippen LogP contribution in [0.5, 0.6) is 0 Å². The minimum absolute atomic E-state index is 0.115. The summed E-state index contributed by atoms with van der Waals surface area (Å²) in [4.78, 5) is 0. The van der Waals surface area contributed by atoms with E-state index < -0.39 is 10.8 Å². The van der Waals surface area contributed by atoms with E-state index in [1.807, 2.05) is 19.3 Å². The Morgan fingerprint density at radius 2 is 1.10 bits per heavy atom. The Hall–Kier alpha value is -5.40. The number of hydrogen-bond acceptors (Lipinski definition) is 1. The van der Waals surface area contributed by atoms with Gasteiger partial charge in [-0.1, -0.05) is 153 Å². The van der Waals surface area contributed by atoms with Gasteiger partial charge in [-0.05, 0) is 98.7 Å². The first-order chi connectivity index (χ1) is 23.5. The summed E-state index contributed by atoms with van der Waals surface area (Å²) in [5, 5.41) is 0. The fraction of sp³-hybridized carbons (Fsp3) is 0.149. The van der Waals surface area contributed by atoms with Gasteiger partial charge in [0, 0.05) is 5.92 Å². The summed E-state index contributed by atoms with van der Waals surface area (Å²) in [6.07, 6.45) is 15.7. The molecule has 0 saturated carbocycles. The highest BCUT2D eigenvalue weighted by atomic mass is 16.5. The number of allylic oxidation sites excluding steroid dienone is 14. The molecule has 48 heavy (non-hydrogen) atoms. The highest BCUT2D eigenvalue weighted by molar-refractivity contribution is 5.94. The maximum absolute atomic E-state index is 6.18. The molecule has 0 N–H and O–H groups in total. The second kappa shape index (κ2) is 11.4. The van der Waals surface area contributed by atoms with Crippen LogP contribution in [-0.4, -0.2) is 7.11 Å². The normalized spacial score (nSPS) is 19.9. The monoisotopic (exact) mass is 620 g/mol. The molecule has 1 unspecified atom stereocenters. The SMILES string of the molecule is C=C/C=C\C1=C(C)C(C)=C(/C=C\C=C)C12c1ccccc1C1(C3=C(C=C(OC)C(c4ccccc4)C3)c3ccccc31)c1ccccc12. The minimum atomic E-state index is -0.509. The quantitative estimate of drug-likeness (QED) is 0.195. The van der Waals surface area contributed by atoms with E-state index in [9.17, 15) is 0 Å². The summed E-state index contributed by atoms with van der Waals surface area (Å²) in [6, 6.07) is 38.4. The summed E-state index contributed by atoms with van der Waals surface area (Å²) in [6.45, 7) is 12.7. The van der Waals surface area contributed by atoms with E-state index in [1.54, 1.807) is 0 Å². The summed E-state index contributed by atoms with van der Waals surface area (Å²) < 4.78 is 6.18. The lowest BCUT2D eigenvalue weighted by atomic mass is 9.50. The van der Waals surface area contributed by atoms with Crippen LogP contribution < -0.4 is 0 Å². The Morgan fingerprint density at radius 3 is 1.62 bits per heavy atom. The molecule has 0 aromatic heterocycles. The zero-order chi connectivity index (χ0) is 33.0. The van der Waals surface area contributed by atoms with Crippen molar-refractivity contribution in [3.8, 4) is 0 Å². The molecule has 1 nitrogen and oxygen atoms in total. The Morgan fingerprint density at radius 1 is 0.625 bits per heavy atom.